The Bertz CT molecular complexity index is 505. The van der Waals surface area contributed by atoms with E-state index in [0.717, 1.165) is 16.2 Å². The second-order valence-corrected chi connectivity index (χ2v) is 4.80. The Balaban J connectivity index is 2.10. The molecule has 2 rings (SSSR count). The molecule has 0 fully saturated rings. The third kappa shape index (κ3) is 2.69. The maximum Gasteiger partial charge on any atom is 0.186 e. The fourth-order valence-corrected chi connectivity index (χ4v) is 2.23. The lowest BCUT2D eigenvalue weighted by atomic mass is 10.2. The van der Waals surface area contributed by atoms with Crippen LogP contribution in [-0.4, -0.2) is 8.75 Å². The number of rotatable bonds is 3. The van der Waals surface area contributed by atoms with E-state index in [9.17, 15) is 4.39 Å². The molecule has 0 amide bonds. The first kappa shape index (κ1) is 11.8. The Labute approximate surface area is 109 Å². The van der Waals surface area contributed by atoms with E-state index in [2.05, 4.69) is 30.0 Å². The van der Waals surface area contributed by atoms with Crippen LogP contribution in [0, 0.1) is 5.82 Å². The number of nitrogens with one attached hydrogen (secondary N) is 1. The zero-order valence-corrected chi connectivity index (χ0v) is 11.0. The van der Waals surface area contributed by atoms with Crippen LogP contribution in [0.3, 0.4) is 0 Å². The molecular formula is C9H6BrClFN3S. The molecule has 0 saturated heterocycles. The summed E-state index contributed by atoms with van der Waals surface area (Å²) in [6.45, 7) is 0.316. The van der Waals surface area contributed by atoms with Gasteiger partial charge in [-0.3, -0.25) is 0 Å². The number of hydrogen-bond acceptors (Lipinski definition) is 4. The van der Waals surface area contributed by atoms with E-state index in [-0.39, 0.29) is 5.82 Å². The minimum absolute atomic E-state index is 0.269. The molecule has 0 spiro atoms. The van der Waals surface area contributed by atoms with Gasteiger partial charge in [-0.15, -0.1) is 0 Å². The Morgan fingerprint density at radius 2 is 2.25 bits per heavy atom. The minimum atomic E-state index is -0.269. The summed E-state index contributed by atoms with van der Waals surface area (Å²) < 4.78 is 21.9. The van der Waals surface area contributed by atoms with Gasteiger partial charge in [-0.25, -0.2) is 4.39 Å². The van der Waals surface area contributed by atoms with Gasteiger partial charge in [0.15, 0.2) is 11.0 Å². The number of nitrogens with zero attached hydrogens (tertiary/aromatic N) is 2. The summed E-state index contributed by atoms with van der Waals surface area (Å²) in [4.78, 5) is 0. The molecule has 16 heavy (non-hydrogen) atoms. The van der Waals surface area contributed by atoms with Crippen molar-refractivity contribution in [3.63, 3.8) is 0 Å². The van der Waals surface area contributed by atoms with Gasteiger partial charge < -0.3 is 5.32 Å². The summed E-state index contributed by atoms with van der Waals surface area (Å²) in [5.41, 5.74) is 0.540. The second kappa shape index (κ2) is 5.07. The van der Waals surface area contributed by atoms with E-state index in [1.807, 2.05) is 0 Å². The first-order valence-corrected chi connectivity index (χ1v) is 6.23. The fourth-order valence-electron chi connectivity index (χ4n) is 1.14. The summed E-state index contributed by atoms with van der Waals surface area (Å²) in [7, 11) is 0. The van der Waals surface area contributed by atoms with E-state index < -0.39 is 0 Å². The molecule has 84 valence electrons. The second-order valence-electron chi connectivity index (χ2n) is 2.99. The normalized spacial score (nSPS) is 10.4. The largest absolute Gasteiger partial charge is 0.362 e. The molecule has 7 heteroatoms. The molecule has 0 aliphatic carbocycles. The maximum atomic E-state index is 13.4. The van der Waals surface area contributed by atoms with Gasteiger partial charge in [0.1, 0.15) is 5.82 Å². The number of anilines is 1. The fraction of sp³-hybridized carbons (Fsp3) is 0.111. The molecule has 0 saturated carbocycles. The van der Waals surface area contributed by atoms with Crippen molar-refractivity contribution in [3.8, 4) is 0 Å². The maximum absolute atomic E-state index is 13.4. The van der Waals surface area contributed by atoms with Crippen LogP contribution >= 0.6 is 39.3 Å². The zero-order valence-electron chi connectivity index (χ0n) is 7.88. The van der Waals surface area contributed by atoms with Crippen LogP contribution in [0.5, 0.6) is 0 Å². The highest BCUT2D eigenvalue weighted by atomic mass is 79.9. The molecule has 2 aromatic rings. The van der Waals surface area contributed by atoms with E-state index in [1.54, 1.807) is 12.1 Å². The summed E-state index contributed by atoms with van der Waals surface area (Å²) in [5.74, 6) is 0.209. The first-order valence-electron chi connectivity index (χ1n) is 4.32. The minimum Gasteiger partial charge on any atom is -0.362 e. The highest BCUT2D eigenvalue weighted by molar-refractivity contribution is 9.10. The van der Waals surface area contributed by atoms with E-state index in [4.69, 9.17) is 11.6 Å². The molecule has 0 bridgehead atoms. The van der Waals surface area contributed by atoms with Gasteiger partial charge in [-0.1, -0.05) is 27.5 Å². The Morgan fingerprint density at radius 1 is 1.44 bits per heavy atom. The Morgan fingerprint density at radius 3 is 2.94 bits per heavy atom. The topological polar surface area (TPSA) is 37.8 Å². The molecule has 0 atom stereocenters. The van der Waals surface area contributed by atoms with Crippen LogP contribution in [-0.2, 0) is 6.54 Å². The van der Waals surface area contributed by atoms with Gasteiger partial charge in [0.25, 0.3) is 0 Å². The highest BCUT2D eigenvalue weighted by Crippen LogP contribution is 2.20. The van der Waals surface area contributed by atoms with Gasteiger partial charge in [0, 0.05) is 16.6 Å². The average Bonchev–Trinajstić information content (AvgIpc) is 2.66. The molecule has 0 aliphatic heterocycles. The van der Waals surface area contributed by atoms with Crippen molar-refractivity contribution in [3.05, 3.63) is 39.2 Å². The van der Waals surface area contributed by atoms with Crippen LogP contribution in [0.1, 0.15) is 5.56 Å². The van der Waals surface area contributed by atoms with Crippen molar-refractivity contribution in [1.82, 2.24) is 8.75 Å². The van der Waals surface area contributed by atoms with Gasteiger partial charge in [-0.05, 0) is 18.2 Å². The summed E-state index contributed by atoms with van der Waals surface area (Å²) >= 11 is 10.0. The van der Waals surface area contributed by atoms with Crippen molar-refractivity contribution in [1.29, 1.82) is 0 Å². The van der Waals surface area contributed by atoms with Crippen LogP contribution in [0.4, 0.5) is 10.2 Å². The lowest BCUT2D eigenvalue weighted by molar-refractivity contribution is 0.612. The zero-order chi connectivity index (χ0) is 11.5. The van der Waals surface area contributed by atoms with Gasteiger partial charge in [-0.2, -0.15) is 8.75 Å². The van der Waals surface area contributed by atoms with Crippen molar-refractivity contribution in [2.75, 3.05) is 5.32 Å². The van der Waals surface area contributed by atoms with E-state index >= 15 is 0 Å². The molecule has 1 aromatic carbocycles. The predicted octanol–water partition coefficient (Wildman–Crippen LogP) is 3.71. The lowest BCUT2D eigenvalue weighted by Gasteiger charge is -2.05. The van der Waals surface area contributed by atoms with Crippen LogP contribution in [0.25, 0.3) is 0 Å². The number of hydrogen-bond donors (Lipinski definition) is 1. The van der Waals surface area contributed by atoms with E-state index in [0.29, 0.717) is 23.1 Å². The van der Waals surface area contributed by atoms with Crippen LogP contribution in [0.15, 0.2) is 22.7 Å². The van der Waals surface area contributed by atoms with Crippen LogP contribution in [0.2, 0.25) is 5.15 Å². The molecule has 0 radical (unpaired) electrons. The molecule has 1 aromatic heterocycles. The van der Waals surface area contributed by atoms with Crippen molar-refractivity contribution >= 4 is 45.1 Å². The summed E-state index contributed by atoms with van der Waals surface area (Å²) in [6, 6.07) is 4.76. The number of aromatic nitrogens is 2. The van der Waals surface area contributed by atoms with Crippen molar-refractivity contribution in [2.24, 2.45) is 0 Å². The molecule has 1 heterocycles. The van der Waals surface area contributed by atoms with Gasteiger partial charge in [0.2, 0.25) is 0 Å². The molecule has 3 nitrogen and oxygen atoms in total. The SMILES string of the molecule is Fc1ccc(Br)cc1CNc1nsnc1Cl. The third-order valence-corrected chi connectivity index (χ3v) is 3.29. The van der Waals surface area contributed by atoms with Crippen LogP contribution < -0.4 is 5.32 Å². The smallest absolute Gasteiger partial charge is 0.186 e. The standard InChI is InChI=1S/C9H6BrClFN3S/c10-6-1-2-7(12)5(3-6)4-13-9-8(11)14-16-15-9/h1-3H,4H2,(H,13,15). The van der Waals surface area contributed by atoms with Crippen molar-refractivity contribution < 1.29 is 4.39 Å². The summed E-state index contributed by atoms with van der Waals surface area (Å²) in [6.07, 6.45) is 0. The van der Waals surface area contributed by atoms with Gasteiger partial charge in [0.05, 0.1) is 11.7 Å². The lowest BCUT2D eigenvalue weighted by Crippen LogP contribution is -2.02. The van der Waals surface area contributed by atoms with Crippen molar-refractivity contribution in [2.45, 2.75) is 6.54 Å². The molecule has 0 aliphatic rings. The summed E-state index contributed by atoms with van der Waals surface area (Å²) in [5, 5.41) is 3.23. The monoisotopic (exact) mass is 321 g/mol. The molecule has 1 N–H and O–H groups in total. The average molecular weight is 323 g/mol. The number of benzene rings is 1. The molecule has 0 unspecified atom stereocenters. The number of halogens is 3. The molecular weight excluding hydrogens is 317 g/mol. The van der Waals surface area contributed by atoms with Gasteiger partial charge >= 0.3 is 0 Å². The highest BCUT2D eigenvalue weighted by Gasteiger charge is 2.07. The Hall–Kier alpha value is -0.720. The predicted molar refractivity (Wildman–Crippen MR) is 66.3 cm³/mol. The Kier molecular flexibility index (Phi) is 3.73. The quantitative estimate of drug-likeness (QED) is 0.936. The van der Waals surface area contributed by atoms with E-state index in [1.165, 1.54) is 6.07 Å². The first-order chi connectivity index (χ1) is 7.66. The third-order valence-electron chi connectivity index (χ3n) is 1.90.